The Hall–Kier alpha value is -3.93. The van der Waals surface area contributed by atoms with Crippen molar-refractivity contribution < 1.29 is 9.59 Å². The van der Waals surface area contributed by atoms with Crippen LogP contribution in [0.3, 0.4) is 0 Å². The summed E-state index contributed by atoms with van der Waals surface area (Å²) in [5, 5.41) is 7.43. The highest BCUT2D eigenvalue weighted by molar-refractivity contribution is 6.03. The summed E-state index contributed by atoms with van der Waals surface area (Å²) in [4.78, 5) is 33.2. The number of rotatable bonds is 5. The maximum atomic E-state index is 13.3. The van der Waals surface area contributed by atoms with Crippen molar-refractivity contribution in [1.82, 2.24) is 15.3 Å². The van der Waals surface area contributed by atoms with Crippen LogP contribution >= 0.6 is 0 Å². The van der Waals surface area contributed by atoms with Crippen LogP contribution < -0.4 is 10.6 Å². The van der Waals surface area contributed by atoms with Gasteiger partial charge in [0.2, 0.25) is 0 Å². The van der Waals surface area contributed by atoms with Crippen LogP contribution in [0.1, 0.15) is 59.4 Å². The van der Waals surface area contributed by atoms with E-state index in [1.54, 1.807) is 24.4 Å². The Balaban J connectivity index is 1.07. The number of benzene rings is 2. The molecule has 4 aromatic rings. The van der Waals surface area contributed by atoms with Crippen LogP contribution in [-0.2, 0) is 0 Å². The van der Waals surface area contributed by atoms with Gasteiger partial charge in [-0.15, -0.1) is 0 Å². The molecule has 4 bridgehead atoms. The third-order valence-electron chi connectivity index (χ3n) is 8.65. The number of carbonyl (C=O) groups excluding carboxylic acids is 2. The molecule has 8 rings (SSSR count). The molecule has 2 aromatic carbocycles. The van der Waals surface area contributed by atoms with Gasteiger partial charge >= 0.3 is 0 Å². The van der Waals surface area contributed by atoms with Crippen molar-refractivity contribution in [3.8, 4) is 11.3 Å². The van der Waals surface area contributed by atoms with Crippen molar-refractivity contribution >= 4 is 28.4 Å². The second-order valence-corrected chi connectivity index (χ2v) is 11.4. The number of hydrogen-bond donors (Lipinski definition) is 3. The third kappa shape index (κ3) is 4.20. The summed E-state index contributed by atoms with van der Waals surface area (Å²) < 4.78 is 0. The lowest BCUT2D eigenvalue weighted by Crippen LogP contribution is -2.59. The molecule has 4 saturated carbocycles. The fourth-order valence-corrected chi connectivity index (χ4v) is 7.43. The van der Waals surface area contributed by atoms with E-state index in [2.05, 4.69) is 26.7 Å². The van der Waals surface area contributed by atoms with Gasteiger partial charge in [0.25, 0.3) is 11.8 Å². The molecular weight excluding hydrogens is 460 g/mol. The molecule has 4 aliphatic rings. The highest BCUT2D eigenvalue weighted by atomic mass is 16.2. The number of aromatic amines is 1. The van der Waals surface area contributed by atoms with E-state index in [1.165, 1.54) is 19.3 Å². The lowest BCUT2D eigenvalue weighted by molar-refractivity contribution is -0.0167. The second-order valence-electron chi connectivity index (χ2n) is 11.4. The Bertz CT molecular complexity index is 1450. The molecule has 0 atom stereocenters. The Morgan fingerprint density at radius 3 is 2.24 bits per heavy atom. The molecular formula is C31H30N4O2. The molecule has 0 unspecified atom stereocenters. The Kier molecular flexibility index (Phi) is 5.17. The molecule has 4 fully saturated rings. The minimum atomic E-state index is -0.238. The number of aromatic nitrogens is 2. The minimum Gasteiger partial charge on any atom is -0.355 e. The van der Waals surface area contributed by atoms with E-state index in [-0.39, 0.29) is 17.4 Å². The van der Waals surface area contributed by atoms with Gasteiger partial charge in [-0.25, -0.2) is 0 Å². The number of H-pyrrole nitrogens is 1. The van der Waals surface area contributed by atoms with E-state index < -0.39 is 0 Å². The Morgan fingerprint density at radius 2 is 1.57 bits per heavy atom. The van der Waals surface area contributed by atoms with Crippen LogP contribution in [0.4, 0.5) is 5.69 Å². The topological polar surface area (TPSA) is 86.9 Å². The first-order chi connectivity index (χ1) is 18.0. The number of nitrogens with one attached hydrogen (secondary N) is 3. The van der Waals surface area contributed by atoms with E-state index in [1.807, 2.05) is 42.5 Å². The van der Waals surface area contributed by atoms with Gasteiger partial charge < -0.3 is 15.6 Å². The predicted molar refractivity (Wildman–Crippen MR) is 144 cm³/mol. The molecule has 2 amide bonds. The van der Waals surface area contributed by atoms with Crippen molar-refractivity contribution in [2.24, 2.45) is 17.8 Å². The van der Waals surface area contributed by atoms with Crippen LogP contribution in [-0.4, -0.2) is 27.3 Å². The zero-order valence-corrected chi connectivity index (χ0v) is 20.7. The van der Waals surface area contributed by atoms with Gasteiger partial charge in [0.15, 0.2) is 0 Å². The number of carbonyl (C=O) groups is 2. The SMILES string of the molecule is O=C(NC12CC3CC(CC(C3)C1)C2)c1ccc2cc(-c3ccc(NC(=O)c4ccccn4)cc3)[nH]c2c1. The maximum absolute atomic E-state index is 13.3. The van der Waals surface area contributed by atoms with Gasteiger partial charge in [0, 0.05) is 39.6 Å². The second kappa shape index (κ2) is 8.58. The molecule has 6 nitrogen and oxygen atoms in total. The number of hydrogen-bond acceptors (Lipinski definition) is 3. The molecule has 186 valence electrons. The number of anilines is 1. The van der Waals surface area contributed by atoms with Crippen molar-refractivity contribution in [2.75, 3.05) is 5.32 Å². The van der Waals surface area contributed by atoms with Crippen LogP contribution in [0, 0.1) is 17.8 Å². The number of pyridine rings is 1. The first kappa shape index (κ1) is 22.3. The monoisotopic (exact) mass is 490 g/mol. The van der Waals surface area contributed by atoms with Crippen LogP contribution in [0.5, 0.6) is 0 Å². The van der Waals surface area contributed by atoms with Gasteiger partial charge in [-0.3, -0.25) is 14.6 Å². The molecule has 2 aromatic heterocycles. The van der Waals surface area contributed by atoms with Gasteiger partial charge in [0.1, 0.15) is 5.69 Å². The lowest BCUT2D eigenvalue weighted by atomic mass is 9.53. The van der Waals surface area contributed by atoms with Crippen molar-refractivity contribution in [2.45, 2.75) is 44.1 Å². The van der Waals surface area contributed by atoms with E-state index in [9.17, 15) is 9.59 Å². The van der Waals surface area contributed by atoms with Crippen LogP contribution in [0.25, 0.3) is 22.2 Å². The predicted octanol–water partition coefficient (Wildman–Crippen LogP) is 6.18. The number of nitrogens with zero attached hydrogens (tertiary/aromatic N) is 1. The minimum absolute atomic E-state index is 0.00935. The fourth-order valence-electron chi connectivity index (χ4n) is 7.43. The average molecular weight is 491 g/mol. The summed E-state index contributed by atoms with van der Waals surface area (Å²) in [5.41, 5.74) is 4.73. The first-order valence-electron chi connectivity index (χ1n) is 13.3. The zero-order chi connectivity index (χ0) is 25.0. The molecule has 2 heterocycles. The van der Waals surface area contributed by atoms with Crippen molar-refractivity contribution in [3.63, 3.8) is 0 Å². The van der Waals surface area contributed by atoms with E-state index >= 15 is 0 Å². The first-order valence-corrected chi connectivity index (χ1v) is 13.3. The Morgan fingerprint density at radius 1 is 0.838 bits per heavy atom. The van der Waals surface area contributed by atoms with Crippen LogP contribution in [0.2, 0.25) is 0 Å². The Labute approximate surface area is 215 Å². The third-order valence-corrected chi connectivity index (χ3v) is 8.65. The average Bonchev–Trinajstić information content (AvgIpc) is 3.32. The summed E-state index contributed by atoms with van der Waals surface area (Å²) in [6, 6.07) is 21.0. The maximum Gasteiger partial charge on any atom is 0.274 e. The van der Waals surface area contributed by atoms with E-state index in [0.717, 1.165) is 59.2 Å². The summed E-state index contributed by atoms with van der Waals surface area (Å²) in [6.45, 7) is 0. The van der Waals surface area contributed by atoms with Crippen LogP contribution in [0.15, 0.2) is 72.9 Å². The molecule has 6 heteroatoms. The van der Waals surface area contributed by atoms with E-state index in [4.69, 9.17) is 0 Å². The zero-order valence-electron chi connectivity index (χ0n) is 20.7. The lowest BCUT2D eigenvalue weighted by Gasteiger charge is -2.56. The normalized spacial score (nSPS) is 25.8. The summed E-state index contributed by atoms with van der Waals surface area (Å²) in [7, 11) is 0. The summed E-state index contributed by atoms with van der Waals surface area (Å²) >= 11 is 0. The van der Waals surface area contributed by atoms with Gasteiger partial charge in [0.05, 0.1) is 0 Å². The summed E-state index contributed by atoms with van der Waals surface area (Å²) in [5.74, 6) is 2.21. The molecule has 3 N–H and O–H groups in total. The molecule has 0 aliphatic heterocycles. The molecule has 37 heavy (non-hydrogen) atoms. The highest BCUT2D eigenvalue weighted by Crippen LogP contribution is 2.55. The molecule has 0 spiro atoms. The smallest absolute Gasteiger partial charge is 0.274 e. The van der Waals surface area contributed by atoms with Gasteiger partial charge in [-0.2, -0.15) is 0 Å². The van der Waals surface area contributed by atoms with Gasteiger partial charge in [-0.05, 0) is 104 Å². The van der Waals surface area contributed by atoms with Crippen molar-refractivity contribution in [1.29, 1.82) is 0 Å². The summed E-state index contributed by atoms with van der Waals surface area (Å²) in [6.07, 6.45) is 9.15. The highest BCUT2D eigenvalue weighted by Gasteiger charge is 2.51. The van der Waals surface area contributed by atoms with Crippen molar-refractivity contribution in [3.05, 3.63) is 84.2 Å². The molecule has 4 aliphatic carbocycles. The quantitative estimate of drug-likeness (QED) is 0.312. The molecule has 0 saturated heterocycles. The van der Waals surface area contributed by atoms with E-state index in [0.29, 0.717) is 16.9 Å². The molecule has 0 radical (unpaired) electrons. The number of amides is 2. The standard InChI is InChI=1S/C31H30N4O2/c36-29(35-31-16-19-11-20(17-31)13-21(12-19)18-31)24-5-4-23-14-27(34-28(23)15-24)22-6-8-25(9-7-22)33-30(37)26-3-1-2-10-32-26/h1-10,14-15,19-21,34H,11-13,16-18H2,(H,33,37)(H,35,36). The van der Waals surface area contributed by atoms with Gasteiger partial charge in [-0.1, -0.05) is 24.3 Å². The fraction of sp³-hybridized carbons (Fsp3) is 0.323. The number of fused-ring (bicyclic) bond motifs is 1. The largest absolute Gasteiger partial charge is 0.355 e.